The summed E-state index contributed by atoms with van der Waals surface area (Å²) in [4.78, 5) is 0. The van der Waals surface area contributed by atoms with Crippen molar-refractivity contribution in [2.24, 2.45) is 5.41 Å². The second-order valence-corrected chi connectivity index (χ2v) is 5.35. The van der Waals surface area contributed by atoms with E-state index >= 15 is 0 Å². The zero-order valence-electron chi connectivity index (χ0n) is 11.9. The van der Waals surface area contributed by atoms with Crippen LogP contribution < -0.4 is 0 Å². The van der Waals surface area contributed by atoms with Gasteiger partial charge in [0.15, 0.2) is 0 Å². The van der Waals surface area contributed by atoms with E-state index in [-0.39, 0.29) is 12.2 Å². The lowest BCUT2D eigenvalue weighted by Crippen LogP contribution is -2.73. The van der Waals surface area contributed by atoms with Crippen LogP contribution in [0.25, 0.3) is 0 Å². The predicted octanol–water partition coefficient (Wildman–Crippen LogP) is 4.20. The third-order valence-electron chi connectivity index (χ3n) is 3.77. The lowest BCUT2D eigenvalue weighted by Gasteiger charge is -2.49. The van der Waals surface area contributed by atoms with Crippen molar-refractivity contribution in [2.45, 2.75) is 42.3 Å². The molecule has 2 nitrogen and oxygen atoms in total. The molecule has 26 heavy (non-hydrogen) atoms. The molecular formula is C12H8F12O2. The fourth-order valence-corrected chi connectivity index (χ4v) is 2.23. The molecule has 152 valence electrons. The average molecular weight is 412 g/mol. The highest BCUT2D eigenvalue weighted by Crippen LogP contribution is 2.65. The highest BCUT2D eigenvalue weighted by molar-refractivity contribution is 5.28. The Kier molecular flexibility index (Phi) is 5.02. The van der Waals surface area contributed by atoms with Crippen molar-refractivity contribution in [2.75, 3.05) is 0 Å². The summed E-state index contributed by atoms with van der Waals surface area (Å²) in [5, 5.41) is 17.0. The van der Waals surface area contributed by atoms with Gasteiger partial charge in [-0.05, 0) is 6.42 Å². The van der Waals surface area contributed by atoms with Crippen LogP contribution in [0.1, 0.15) is 6.42 Å². The van der Waals surface area contributed by atoms with Crippen molar-refractivity contribution < 1.29 is 62.9 Å². The van der Waals surface area contributed by atoms with E-state index in [4.69, 9.17) is 10.2 Å². The summed E-state index contributed by atoms with van der Waals surface area (Å²) in [6.07, 6.45) is -16.0. The van der Waals surface area contributed by atoms with E-state index in [0.717, 1.165) is 0 Å². The van der Waals surface area contributed by atoms with Crippen molar-refractivity contribution in [1.29, 1.82) is 0 Å². The van der Waals surface area contributed by atoms with Crippen LogP contribution in [0.4, 0.5) is 52.7 Å². The molecule has 0 aromatic rings. The first kappa shape index (κ1) is 22.6. The van der Waals surface area contributed by atoms with Crippen molar-refractivity contribution in [3.05, 3.63) is 24.3 Å². The van der Waals surface area contributed by atoms with E-state index in [1.54, 1.807) is 0 Å². The topological polar surface area (TPSA) is 40.5 Å². The van der Waals surface area contributed by atoms with Gasteiger partial charge >= 0.3 is 35.9 Å². The summed E-state index contributed by atoms with van der Waals surface area (Å²) >= 11 is 0. The van der Waals surface area contributed by atoms with Crippen LogP contribution in [0.15, 0.2) is 24.3 Å². The van der Waals surface area contributed by atoms with E-state index in [9.17, 15) is 52.7 Å². The maximum absolute atomic E-state index is 14.1. The standard InChI is InChI=1S/C12H8F12O2/c13-7(14,9(17,25)11(19,20)21)6(4-2-1-3-5-6)8(15,16)10(18,26)12(22,23)24/h1-4,25-26H,5H2. The quantitative estimate of drug-likeness (QED) is 0.680. The Morgan fingerprint density at radius 1 is 0.615 bits per heavy atom. The lowest BCUT2D eigenvalue weighted by molar-refractivity contribution is -0.455. The molecule has 0 saturated heterocycles. The molecule has 0 bridgehead atoms. The predicted molar refractivity (Wildman–Crippen MR) is 59.4 cm³/mol. The number of aliphatic hydroxyl groups is 2. The first-order valence-electron chi connectivity index (χ1n) is 6.27. The Hall–Kier alpha value is -1.44. The summed E-state index contributed by atoms with van der Waals surface area (Å²) in [6.45, 7) is 0. The number of halogens is 12. The number of hydrogen-bond acceptors (Lipinski definition) is 2. The smallest absolute Gasteiger partial charge is 0.350 e. The maximum atomic E-state index is 14.1. The first-order valence-corrected chi connectivity index (χ1v) is 6.27. The fraction of sp³-hybridized carbons (Fsp3) is 0.667. The van der Waals surface area contributed by atoms with Crippen molar-refractivity contribution in [3.8, 4) is 0 Å². The number of rotatable bonds is 4. The van der Waals surface area contributed by atoms with E-state index in [0.29, 0.717) is 6.08 Å². The Morgan fingerprint density at radius 3 is 1.19 bits per heavy atom. The molecule has 14 heteroatoms. The van der Waals surface area contributed by atoms with Gasteiger partial charge < -0.3 is 10.2 Å². The van der Waals surface area contributed by atoms with Gasteiger partial charge in [0, 0.05) is 0 Å². The molecule has 2 atom stereocenters. The molecule has 0 aromatic heterocycles. The van der Waals surface area contributed by atoms with Crippen molar-refractivity contribution in [1.82, 2.24) is 0 Å². The van der Waals surface area contributed by atoms with Gasteiger partial charge in [-0.3, -0.25) is 0 Å². The molecule has 0 fully saturated rings. The summed E-state index contributed by atoms with van der Waals surface area (Å²) in [5.41, 5.74) is -5.27. The first-order chi connectivity index (χ1) is 11.2. The number of allylic oxidation sites excluding steroid dienone is 4. The van der Waals surface area contributed by atoms with Crippen LogP contribution in [0.5, 0.6) is 0 Å². The fourth-order valence-electron chi connectivity index (χ4n) is 2.23. The molecule has 0 aromatic carbocycles. The van der Waals surface area contributed by atoms with Crippen LogP contribution in [0, 0.1) is 5.41 Å². The monoisotopic (exact) mass is 412 g/mol. The van der Waals surface area contributed by atoms with E-state index in [1.165, 1.54) is 0 Å². The maximum Gasteiger partial charge on any atom is 0.454 e. The molecule has 0 saturated carbocycles. The average Bonchev–Trinajstić information content (AvgIpc) is 2.44. The molecule has 1 aliphatic carbocycles. The van der Waals surface area contributed by atoms with Gasteiger partial charge in [0.2, 0.25) is 0 Å². The Balaban J connectivity index is 3.81. The lowest BCUT2D eigenvalue weighted by atomic mass is 9.66. The molecule has 1 rings (SSSR count). The van der Waals surface area contributed by atoms with Gasteiger partial charge in [0.1, 0.15) is 5.41 Å². The Morgan fingerprint density at radius 2 is 0.962 bits per heavy atom. The zero-order chi connectivity index (χ0) is 21.0. The molecular weight excluding hydrogens is 404 g/mol. The van der Waals surface area contributed by atoms with Crippen LogP contribution in [-0.2, 0) is 0 Å². The van der Waals surface area contributed by atoms with Crippen LogP contribution >= 0.6 is 0 Å². The van der Waals surface area contributed by atoms with Crippen LogP contribution in [0.3, 0.4) is 0 Å². The molecule has 0 heterocycles. The minimum absolute atomic E-state index is 0.0598. The van der Waals surface area contributed by atoms with Gasteiger partial charge in [-0.1, -0.05) is 24.3 Å². The molecule has 1 aliphatic rings. The minimum Gasteiger partial charge on any atom is -0.350 e. The zero-order valence-corrected chi connectivity index (χ0v) is 11.9. The van der Waals surface area contributed by atoms with Gasteiger partial charge in [0.05, 0.1) is 0 Å². The third-order valence-corrected chi connectivity index (χ3v) is 3.77. The highest BCUT2D eigenvalue weighted by atomic mass is 19.4. The Bertz CT molecular complexity index is 558. The minimum atomic E-state index is -6.96. The molecule has 0 spiro atoms. The van der Waals surface area contributed by atoms with Gasteiger partial charge in [0.25, 0.3) is 0 Å². The molecule has 0 aliphatic heterocycles. The number of alkyl halides is 12. The van der Waals surface area contributed by atoms with Crippen molar-refractivity contribution in [3.63, 3.8) is 0 Å². The summed E-state index contributed by atoms with van der Waals surface area (Å²) in [5.74, 6) is -27.1. The van der Waals surface area contributed by atoms with E-state index < -0.39 is 53.8 Å². The summed E-state index contributed by atoms with van der Waals surface area (Å²) in [6, 6.07) is 0. The van der Waals surface area contributed by atoms with Gasteiger partial charge in [-0.15, -0.1) is 0 Å². The van der Waals surface area contributed by atoms with Crippen LogP contribution in [0.2, 0.25) is 0 Å². The summed E-state index contributed by atoms with van der Waals surface area (Å²) in [7, 11) is 0. The number of hydrogen-bond donors (Lipinski definition) is 2. The molecule has 0 amide bonds. The molecule has 2 unspecified atom stereocenters. The summed E-state index contributed by atoms with van der Waals surface area (Å²) < 4.78 is 158. The molecule has 0 radical (unpaired) electrons. The largest absolute Gasteiger partial charge is 0.454 e. The highest BCUT2D eigenvalue weighted by Gasteiger charge is 2.88. The second kappa shape index (κ2) is 5.78. The third kappa shape index (κ3) is 2.68. The van der Waals surface area contributed by atoms with Crippen LogP contribution in [-0.4, -0.2) is 46.1 Å². The SMILES string of the molecule is OC(F)(C(F)(F)F)C(F)(F)C1(C(F)(F)C(O)(F)C(F)(F)F)C=CC=CC1. The molecule has 2 N–H and O–H groups in total. The van der Waals surface area contributed by atoms with Crippen molar-refractivity contribution >= 4 is 0 Å². The normalized spacial score (nSPS) is 27.2. The van der Waals surface area contributed by atoms with Gasteiger partial charge in [-0.25, -0.2) is 0 Å². The van der Waals surface area contributed by atoms with Gasteiger partial charge in [-0.2, -0.15) is 52.7 Å². The second-order valence-electron chi connectivity index (χ2n) is 5.35. The Labute approximate surface area is 136 Å². The van der Waals surface area contributed by atoms with E-state index in [2.05, 4.69) is 0 Å². The van der Waals surface area contributed by atoms with E-state index in [1.807, 2.05) is 0 Å².